The number of nitrogens with zero attached hydrogens (tertiary/aromatic N) is 2. The van der Waals surface area contributed by atoms with E-state index in [1.54, 1.807) is 12.3 Å². The standard InChI is InChI=1S/C10H13BrN4O2/c11-7-5-8(9(12)13-6-7)10(16)14-15-1-3-17-4-2-15/h5-6H,1-4H2,(H2,12,13)(H,14,16). The van der Waals surface area contributed by atoms with Crippen LogP contribution < -0.4 is 11.2 Å². The van der Waals surface area contributed by atoms with E-state index in [0.29, 0.717) is 31.9 Å². The third kappa shape index (κ3) is 3.15. The van der Waals surface area contributed by atoms with Gasteiger partial charge in [0.1, 0.15) is 5.82 Å². The number of morpholine rings is 1. The van der Waals surface area contributed by atoms with Crippen molar-refractivity contribution in [1.29, 1.82) is 0 Å². The summed E-state index contributed by atoms with van der Waals surface area (Å²) in [7, 11) is 0. The van der Waals surface area contributed by atoms with Crippen LogP contribution in [-0.4, -0.2) is 42.2 Å². The quantitative estimate of drug-likeness (QED) is 0.826. The lowest BCUT2D eigenvalue weighted by Crippen LogP contribution is -2.48. The summed E-state index contributed by atoms with van der Waals surface area (Å²) >= 11 is 3.26. The first kappa shape index (κ1) is 12.3. The van der Waals surface area contributed by atoms with Gasteiger partial charge in [0.05, 0.1) is 18.8 Å². The summed E-state index contributed by atoms with van der Waals surface area (Å²) < 4.78 is 5.91. The maximum Gasteiger partial charge on any atom is 0.269 e. The van der Waals surface area contributed by atoms with Crippen LogP contribution in [0.3, 0.4) is 0 Å². The molecule has 1 aromatic heterocycles. The van der Waals surface area contributed by atoms with Crippen molar-refractivity contribution in [2.75, 3.05) is 32.0 Å². The molecule has 17 heavy (non-hydrogen) atoms. The Labute approximate surface area is 107 Å². The SMILES string of the molecule is Nc1ncc(Br)cc1C(=O)NN1CCOCC1. The van der Waals surface area contributed by atoms with Gasteiger partial charge < -0.3 is 10.5 Å². The largest absolute Gasteiger partial charge is 0.383 e. The summed E-state index contributed by atoms with van der Waals surface area (Å²) in [6.45, 7) is 2.58. The lowest BCUT2D eigenvalue weighted by Gasteiger charge is -2.27. The number of aromatic nitrogens is 1. The Morgan fingerprint density at radius 1 is 1.53 bits per heavy atom. The zero-order valence-electron chi connectivity index (χ0n) is 9.15. The average Bonchev–Trinajstić information content (AvgIpc) is 2.33. The highest BCUT2D eigenvalue weighted by Gasteiger charge is 2.16. The molecule has 3 N–H and O–H groups in total. The minimum atomic E-state index is -0.252. The second-order valence-electron chi connectivity index (χ2n) is 3.63. The number of carbonyl (C=O) groups excluding carboxylic acids is 1. The fourth-order valence-corrected chi connectivity index (χ4v) is 1.84. The van der Waals surface area contributed by atoms with E-state index in [4.69, 9.17) is 10.5 Å². The normalized spacial score (nSPS) is 16.8. The Hall–Kier alpha value is -1.18. The first-order chi connectivity index (χ1) is 8.16. The molecule has 1 aliphatic heterocycles. The molecule has 0 aliphatic carbocycles. The van der Waals surface area contributed by atoms with Gasteiger partial charge in [0.25, 0.3) is 5.91 Å². The van der Waals surface area contributed by atoms with Crippen LogP contribution in [-0.2, 0) is 4.74 Å². The summed E-state index contributed by atoms with van der Waals surface area (Å²) in [6.07, 6.45) is 1.56. The van der Waals surface area contributed by atoms with Crippen LogP contribution in [0.15, 0.2) is 16.7 Å². The fourth-order valence-electron chi connectivity index (χ4n) is 1.51. The van der Waals surface area contributed by atoms with Crippen molar-refractivity contribution < 1.29 is 9.53 Å². The first-order valence-corrected chi connectivity index (χ1v) is 6.01. The molecule has 0 saturated carbocycles. The number of rotatable bonds is 2. The maximum atomic E-state index is 12.0. The van der Waals surface area contributed by atoms with Gasteiger partial charge in [-0.2, -0.15) is 0 Å². The van der Waals surface area contributed by atoms with Crippen molar-refractivity contribution in [1.82, 2.24) is 15.4 Å². The smallest absolute Gasteiger partial charge is 0.269 e. The summed E-state index contributed by atoms with van der Waals surface area (Å²) in [6, 6.07) is 1.65. The number of halogens is 1. The number of anilines is 1. The van der Waals surface area contributed by atoms with E-state index in [2.05, 4.69) is 26.3 Å². The Balaban J connectivity index is 2.05. The van der Waals surface area contributed by atoms with Crippen molar-refractivity contribution in [2.24, 2.45) is 0 Å². The third-order valence-electron chi connectivity index (χ3n) is 2.40. The molecule has 0 unspecified atom stereocenters. The van der Waals surface area contributed by atoms with E-state index in [0.717, 1.165) is 4.47 Å². The number of nitrogens with two attached hydrogens (primary N) is 1. The first-order valence-electron chi connectivity index (χ1n) is 5.21. The Kier molecular flexibility index (Phi) is 3.93. The van der Waals surface area contributed by atoms with Gasteiger partial charge in [-0.15, -0.1) is 0 Å². The highest BCUT2D eigenvalue weighted by Crippen LogP contribution is 2.15. The predicted octanol–water partition coefficient (Wildman–Crippen LogP) is 0.403. The number of ether oxygens (including phenoxy) is 1. The number of pyridine rings is 1. The van der Waals surface area contributed by atoms with Crippen molar-refractivity contribution >= 4 is 27.7 Å². The molecule has 1 amide bonds. The number of hydrogen-bond acceptors (Lipinski definition) is 5. The van der Waals surface area contributed by atoms with Crippen molar-refractivity contribution in [3.05, 3.63) is 22.3 Å². The van der Waals surface area contributed by atoms with Crippen LogP contribution in [0.5, 0.6) is 0 Å². The minimum Gasteiger partial charge on any atom is -0.383 e. The van der Waals surface area contributed by atoms with Crippen LogP contribution in [0.25, 0.3) is 0 Å². The molecule has 2 heterocycles. The molecule has 1 aliphatic rings. The maximum absolute atomic E-state index is 12.0. The van der Waals surface area contributed by atoms with E-state index in [1.807, 2.05) is 5.01 Å². The topological polar surface area (TPSA) is 80.5 Å². The van der Waals surface area contributed by atoms with Gasteiger partial charge in [-0.3, -0.25) is 10.2 Å². The van der Waals surface area contributed by atoms with Crippen molar-refractivity contribution in [2.45, 2.75) is 0 Å². The molecule has 7 heteroatoms. The Morgan fingerprint density at radius 2 is 2.24 bits per heavy atom. The van der Waals surface area contributed by atoms with Gasteiger partial charge in [-0.25, -0.2) is 9.99 Å². The predicted molar refractivity (Wildman–Crippen MR) is 66.2 cm³/mol. The van der Waals surface area contributed by atoms with E-state index in [1.165, 1.54) is 0 Å². The molecule has 0 spiro atoms. The molecule has 0 aromatic carbocycles. The van der Waals surface area contributed by atoms with E-state index >= 15 is 0 Å². The van der Waals surface area contributed by atoms with Gasteiger partial charge in [0, 0.05) is 23.8 Å². The minimum absolute atomic E-state index is 0.221. The number of hydrazine groups is 1. The van der Waals surface area contributed by atoms with E-state index < -0.39 is 0 Å². The molecule has 2 rings (SSSR count). The highest BCUT2D eigenvalue weighted by atomic mass is 79.9. The van der Waals surface area contributed by atoms with Gasteiger partial charge >= 0.3 is 0 Å². The number of nitrogens with one attached hydrogen (secondary N) is 1. The zero-order chi connectivity index (χ0) is 12.3. The third-order valence-corrected chi connectivity index (χ3v) is 2.83. The summed E-state index contributed by atoms with van der Waals surface area (Å²) in [5.41, 5.74) is 8.80. The van der Waals surface area contributed by atoms with Crippen LogP contribution >= 0.6 is 15.9 Å². The zero-order valence-corrected chi connectivity index (χ0v) is 10.7. The molecule has 0 bridgehead atoms. The second kappa shape index (κ2) is 5.44. The summed E-state index contributed by atoms with van der Waals surface area (Å²) in [4.78, 5) is 15.9. The van der Waals surface area contributed by atoms with Crippen LogP contribution in [0.2, 0.25) is 0 Å². The monoisotopic (exact) mass is 300 g/mol. The highest BCUT2D eigenvalue weighted by molar-refractivity contribution is 9.10. The number of nitrogen functional groups attached to an aromatic ring is 1. The molecular weight excluding hydrogens is 288 g/mol. The molecule has 6 nitrogen and oxygen atoms in total. The average molecular weight is 301 g/mol. The summed E-state index contributed by atoms with van der Waals surface area (Å²) in [5.74, 6) is -0.0304. The molecule has 1 saturated heterocycles. The van der Waals surface area contributed by atoms with Gasteiger partial charge in [-0.05, 0) is 22.0 Å². The van der Waals surface area contributed by atoms with Crippen LogP contribution in [0.1, 0.15) is 10.4 Å². The number of hydrogen-bond donors (Lipinski definition) is 2. The van der Waals surface area contributed by atoms with Crippen LogP contribution in [0.4, 0.5) is 5.82 Å². The fraction of sp³-hybridized carbons (Fsp3) is 0.400. The Morgan fingerprint density at radius 3 is 2.94 bits per heavy atom. The van der Waals surface area contributed by atoms with Gasteiger partial charge in [0.2, 0.25) is 0 Å². The van der Waals surface area contributed by atoms with Crippen molar-refractivity contribution in [3.63, 3.8) is 0 Å². The molecule has 1 aromatic rings. The molecule has 0 atom stereocenters. The van der Waals surface area contributed by atoms with Crippen molar-refractivity contribution in [3.8, 4) is 0 Å². The lowest BCUT2D eigenvalue weighted by atomic mass is 10.2. The lowest BCUT2D eigenvalue weighted by molar-refractivity contribution is 0.0126. The van der Waals surface area contributed by atoms with Gasteiger partial charge in [-0.1, -0.05) is 0 Å². The second-order valence-corrected chi connectivity index (χ2v) is 4.54. The molecule has 92 valence electrons. The van der Waals surface area contributed by atoms with Gasteiger partial charge in [0.15, 0.2) is 0 Å². The van der Waals surface area contributed by atoms with Crippen LogP contribution in [0, 0.1) is 0 Å². The number of carbonyl (C=O) groups is 1. The molecule has 0 radical (unpaired) electrons. The van der Waals surface area contributed by atoms with E-state index in [-0.39, 0.29) is 11.7 Å². The molecular formula is C10H13BrN4O2. The number of amides is 1. The van der Waals surface area contributed by atoms with E-state index in [9.17, 15) is 4.79 Å². The Bertz CT molecular complexity index is 421. The molecule has 1 fully saturated rings. The summed E-state index contributed by atoms with van der Waals surface area (Å²) in [5, 5.41) is 1.81.